The lowest BCUT2D eigenvalue weighted by molar-refractivity contribution is 0.0964. The molecule has 0 unspecified atom stereocenters. The molecule has 39 heavy (non-hydrogen) atoms. The third-order valence-electron chi connectivity index (χ3n) is 6.53. The van der Waals surface area contributed by atoms with Crippen molar-refractivity contribution in [1.82, 2.24) is 5.32 Å². The number of carbonyl (C=O) groups is 1. The molecule has 1 heterocycles. The molecule has 0 aliphatic heterocycles. The van der Waals surface area contributed by atoms with Crippen LogP contribution in [0.1, 0.15) is 21.5 Å². The number of carbonyl (C=O) groups excluding carboxylic acids is 1. The quantitative estimate of drug-likeness (QED) is 0.253. The lowest BCUT2D eigenvalue weighted by Crippen LogP contribution is -2.29. The first-order valence-electron chi connectivity index (χ1n) is 12.3. The number of nitrogens with one attached hydrogen (secondary N) is 1. The van der Waals surface area contributed by atoms with Crippen LogP contribution in [0, 0.1) is 12.7 Å². The van der Waals surface area contributed by atoms with E-state index in [-0.39, 0.29) is 23.8 Å². The molecule has 0 radical (unpaired) electrons. The molecule has 0 atom stereocenters. The van der Waals surface area contributed by atoms with Crippen LogP contribution < -0.4 is 9.62 Å². The number of rotatable bonds is 7. The van der Waals surface area contributed by atoms with E-state index >= 15 is 0 Å². The maximum absolute atomic E-state index is 13.7. The molecular weight excluding hydrogens is 515 g/mol. The molecule has 0 bridgehead atoms. The monoisotopic (exact) mass is 542 g/mol. The zero-order chi connectivity index (χ0) is 27.7. The molecule has 1 amide bonds. The Balaban J connectivity index is 1.81. The van der Waals surface area contributed by atoms with Crippen LogP contribution in [-0.4, -0.2) is 27.6 Å². The van der Waals surface area contributed by atoms with Gasteiger partial charge in [0.2, 0.25) is 10.0 Å². The van der Waals surface area contributed by atoms with Gasteiger partial charge in [-0.1, -0.05) is 60.2 Å². The summed E-state index contributed by atoms with van der Waals surface area (Å²) in [7, 11) is -2.22. The molecule has 8 heteroatoms. The topological polar surface area (TPSA) is 79.6 Å². The highest BCUT2D eigenvalue weighted by molar-refractivity contribution is 7.92. The molecule has 0 aliphatic rings. The van der Waals surface area contributed by atoms with Gasteiger partial charge >= 0.3 is 0 Å². The van der Waals surface area contributed by atoms with Crippen LogP contribution in [0.25, 0.3) is 33.4 Å². The summed E-state index contributed by atoms with van der Waals surface area (Å²) in [6.07, 6.45) is 1.17. The molecule has 6 nitrogen and oxygen atoms in total. The Bertz CT molecular complexity index is 1780. The van der Waals surface area contributed by atoms with Crippen molar-refractivity contribution >= 4 is 32.6 Å². The van der Waals surface area contributed by atoms with E-state index in [0.29, 0.717) is 27.8 Å². The molecule has 0 fully saturated rings. The fourth-order valence-electron chi connectivity index (χ4n) is 4.70. The average Bonchev–Trinajstić information content (AvgIpc) is 3.29. The van der Waals surface area contributed by atoms with Crippen molar-refractivity contribution in [2.45, 2.75) is 13.5 Å². The van der Waals surface area contributed by atoms with Crippen molar-refractivity contribution < 1.29 is 22.0 Å². The molecule has 5 rings (SSSR count). The van der Waals surface area contributed by atoms with Gasteiger partial charge in [-0.25, -0.2) is 12.8 Å². The van der Waals surface area contributed by atoms with E-state index in [1.807, 2.05) is 61.5 Å². The Labute approximate surface area is 226 Å². The smallest absolute Gasteiger partial charge is 0.255 e. The van der Waals surface area contributed by atoms with Gasteiger partial charge in [-0.2, -0.15) is 0 Å². The van der Waals surface area contributed by atoms with Gasteiger partial charge in [-0.3, -0.25) is 9.10 Å². The van der Waals surface area contributed by atoms with Gasteiger partial charge in [-0.05, 0) is 48.4 Å². The molecule has 0 saturated carbocycles. The molecular formula is C31H27FN2O4S. The fraction of sp³-hybridized carbons (Fsp3) is 0.129. The summed E-state index contributed by atoms with van der Waals surface area (Å²) in [4.78, 5) is 13.1. The van der Waals surface area contributed by atoms with Gasteiger partial charge in [0.05, 0.1) is 24.1 Å². The third-order valence-corrected chi connectivity index (χ3v) is 7.66. The first-order chi connectivity index (χ1) is 18.7. The summed E-state index contributed by atoms with van der Waals surface area (Å²) in [6.45, 7) is 2.07. The maximum Gasteiger partial charge on any atom is 0.255 e. The average molecular weight is 543 g/mol. The number of halogens is 1. The van der Waals surface area contributed by atoms with Gasteiger partial charge in [0.1, 0.15) is 17.2 Å². The highest BCUT2D eigenvalue weighted by Gasteiger charge is 2.27. The summed E-state index contributed by atoms with van der Waals surface area (Å²) in [6, 6.07) is 26.2. The molecule has 198 valence electrons. The standard InChI is InChI=1S/C31H27FN2O4S/c1-20-8-7-9-21(16-20)19-34(39(3,36)37)27-18-28-26(17-25(27)22-10-5-4-6-11-22)29(31(35)33-2)30(38-28)23-12-14-24(32)15-13-23/h4-18H,19H2,1-3H3,(H,33,35). The predicted molar refractivity (Wildman–Crippen MR) is 153 cm³/mol. The molecule has 0 aliphatic carbocycles. The Kier molecular flexibility index (Phi) is 6.97. The molecule has 4 aromatic carbocycles. The minimum Gasteiger partial charge on any atom is -0.455 e. The number of sulfonamides is 1. The van der Waals surface area contributed by atoms with Crippen molar-refractivity contribution in [2.24, 2.45) is 0 Å². The van der Waals surface area contributed by atoms with E-state index in [9.17, 15) is 17.6 Å². The van der Waals surface area contributed by atoms with Crippen molar-refractivity contribution in [2.75, 3.05) is 17.6 Å². The predicted octanol–water partition coefficient (Wildman–Crippen LogP) is 6.54. The van der Waals surface area contributed by atoms with Gasteiger partial charge in [0.15, 0.2) is 0 Å². The van der Waals surface area contributed by atoms with Crippen LogP contribution in [0.3, 0.4) is 0 Å². The van der Waals surface area contributed by atoms with Gasteiger partial charge in [0.25, 0.3) is 5.91 Å². The van der Waals surface area contributed by atoms with E-state index in [1.165, 1.54) is 29.7 Å². The number of hydrogen-bond acceptors (Lipinski definition) is 4. The van der Waals surface area contributed by atoms with Crippen molar-refractivity contribution in [3.8, 4) is 22.5 Å². The van der Waals surface area contributed by atoms with Crippen LogP contribution in [0.5, 0.6) is 0 Å². The largest absolute Gasteiger partial charge is 0.455 e. The van der Waals surface area contributed by atoms with Crippen LogP contribution in [0.2, 0.25) is 0 Å². The van der Waals surface area contributed by atoms with Crippen LogP contribution in [0.4, 0.5) is 10.1 Å². The highest BCUT2D eigenvalue weighted by atomic mass is 32.2. The van der Waals surface area contributed by atoms with Crippen molar-refractivity contribution in [1.29, 1.82) is 0 Å². The normalized spacial score (nSPS) is 11.5. The highest BCUT2D eigenvalue weighted by Crippen LogP contribution is 2.42. The first kappa shape index (κ1) is 26.2. The number of aryl methyl sites for hydroxylation is 1. The van der Waals surface area contributed by atoms with Crippen molar-refractivity contribution in [3.63, 3.8) is 0 Å². The zero-order valence-corrected chi connectivity index (χ0v) is 22.6. The van der Waals surface area contributed by atoms with E-state index in [1.54, 1.807) is 24.3 Å². The second-order valence-corrected chi connectivity index (χ2v) is 11.3. The minimum atomic E-state index is -3.74. The van der Waals surface area contributed by atoms with Crippen LogP contribution in [0.15, 0.2) is 95.4 Å². The molecule has 1 N–H and O–H groups in total. The summed E-state index contributed by atoms with van der Waals surface area (Å²) >= 11 is 0. The van der Waals surface area contributed by atoms with E-state index in [0.717, 1.165) is 16.7 Å². The number of benzene rings is 4. The SMILES string of the molecule is CNC(=O)c1c(-c2ccc(F)cc2)oc2cc(N(Cc3cccc(C)c3)S(C)(=O)=O)c(-c3ccccc3)cc12. The van der Waals surface area contributed by atoms with Gasteiger partial charge in [0, 0.05) is 29.6 Å². The Morgan fingerprint density at radius 1 is 0.923 bits per heavy atom. The summed E-state index contributed by atoms with van der Waals surface area (Å²) in [5.74, 6) is -0.519. The first-order valence-corrected chi connectivity index (χ1v) is 14.2. The molecule has 5 aromatic rings. The van der Waals surface area contributed by atoms with Crippen LogP contribution >= 0.6 is 0 Å². The number of amides is 1. The Morgan fingerprint density at radius 2 is 1.64 bits per heavy atom. The van der Waals surface area contributed by atoms with Gasteiger partial charge in [-0.15, -0.1) is 0 Å². The third kappa shape index (κ3) is 5.28. The van der Waals surface area contributed by atoms with Crippen LogP contribution in [-0.2, 0) is 16.6 Å². The molecule has 1 aromatic heterocycles. The molecule has 0 saturated heterocycles. The lowest BCUT2D eigenvalue weighted by atomic mass is 9.98. The number of hydrogen-bond donors (Lipinski definition) is 1. The summed E-state index contributed by atoms with van der Waals surface area (Å²) < 4.78 is 47.6. The number of fused-ring (bicyclic) bond motifs is 1. The van der Waals surface area contributed by atoms with E-state index < -0.39 is 15.8 Å². The minimum absolute atomic E-state index is 0.111. The number of furan rings is 1. The summed E-state index contributed by atoms with van der Waals surface area (Å²) in [5, 5.41) is 3.17. The second kappa shape index (κ2) is 10.4. The Hall–Kier alpha value is -4.43. The summed E-state index contributed by atoms with van der Waals surface area (Å²) in [5.41, 5.74) is 4.81. The fourth-order valence-corrected chi connectivity index (χ4v) is 5.59. The second-order valence-electron chi connectivity index (χ2n) is 9.38. The zero-order valence-electron chi connectivity index (χ0n) is 21.7. The maximum atomic E-state index is 13.7. The van der Waals surface area contributed by atoms with E-state index in [2.05, 4.69) is 5.32 Å². The Morgan fingerprint density at radius 3 is 2.28 bits per heavy atom. The lowest BCUT2D eigenvalue weighted by Gasteiger charge is -2.25. The van der Waals surface area contributed by atoms with Crippen molar-refractivity contribution in [3.05, 3.63) is 114 Å². The number of anilines is 1. The number of nitrogens with zero attached hydrogens (tertiary/aromatic N) is 1. The van der Waals surface area contributed by atoms with E-state index in [4.69, 9.17) is 4.42 Å². The van der Waals surface area contributed by atoms with Gasteiger partial charge < -0.3 is 9.73 Å². The molecule has 0 spiro atoms.